The molecule has 5 heteroatoms. The standard InChI is InChI=1S/C16H26N4O/c1-4-17-14-7-15(19-16(18-14)10(2)3)20-8-11-5-6-13(21)12(11)9-20/h7,10-13,21H,4-6,8-9H2,1-3H3,(H,17,18,19). The van der Waals surface area contributed by atoms with E-state index in [2.05, 4.69) is 36.0 Å². The van der Waals surface area contributed by atoms with E-state index in [9.17, 15) is 5.11 Å². The van der Waals surface area contributed by atoms with Gasteiger partial charge in [-0.3, -0.25) is 0 Å². The molecule has 116 valence electrons. The van der Waals surface area contributed by atoms with Gasteiger partial charge in [0.2, 0.25) is 0 Å². The third kappa shape index (κ3) is 2.84. The van der Waals surface area contributed by atoms with Crippen molar-refractivity contribution in [2.75, 3.05) is 29.9 Å². The van der Waals surface area contributed by atoms with Gasteiger partial charge in [0.25, 0.3) is 0 Å². The van der Waals surface area contributed by atoms with Crippen molar-refractivity contribution < 1.29 is 5.11 Å². The molecule has 1 aliphatic heterocycles. The molecule has 2 aliphatic rings. The summed E-state index contributed by atoms with van der Waals surface area (Å²) in [6.07, 6.45) is 1.98. The normalized spacial score (nSPS) is 28.2. The van der Waals surface area contributed by atoms with E-state index in [-0.39, 0.29) is 6.10 Å². The van der Waals surface area contributed by atoms with Gasteiger partial charge in [0.05, 0.1) is 6.10 Å². The van der Waals surface area contributed by atoms with Gasteiger partial charge in [-0.1, -0.05) is 13.8 Å². The molecule has 21 heavy (non-hydrogen) atoms. The first-order valence-electron chi connectivity index (χ1n) is 8.14. The van der Waals surface area contributed by atoms with Crippen LogP contribution in [0.4, 0.5) is 11.6 Å². The first kappa shape index (κ1) is 14.6. The highest BCUT2D eigenvalue weighted by Crippen LogP contribution is 2.39. The van der Waals surface area contributed by atoms with Crippen LogP contribution < -0.4 is 10.2 Å². The minimum absolute atomic E-state index is 0.125. The molecule has 0 amide bonds. The first-order valence-corrected chi connectivity index (χ1v) is 8.14. The van der Waals surface area contributed by atoms with Crippen LogP contribution in [0, 0.1) is 11.8 Å². The predicted molar refractivity (Wildman–Crippen MR) is 84.7 cm³/mol. The van der Waals surface area contributed by atoms with Crippen LogP contribution in [0.3, 0.4) is 0 Å². The molecule has 2 N–H and O–H groups in total. The SMILES string of the molecule is CCNc1cc(N2CC3CCC(O)C3C2)nc(C(C)C)n1. The van der Waals surface area contributed by atoms with Gasteiger partial charge in [-0.05, 0) is 25.7 Å². The minimum Gasteiger partial charge on any atom is -0.393 e. The molecule has 1 aromatic heterocycles. The molecule has 0 radical (unpaired) electrons. The van der Waals surface area contributed by atoms with Crippen molar-refractivity contribution in [3.05, 3.63) is 11.9 Å². The molecule has 0 spiro atoms. The zero-order valence-corrected chi connectivity index (χ0v) is 13.2. The van der Waals surface area contributed by atoms with Crippen LogP contribution in [-0.4, -0.2) is 40.8 Å². The van der Waals surface area contributed by atoms with E-state index in [1.165, 1.54) is 0 Å². The van der Waals surface area contributed by atoms with Gasteiger partial charge in [0, 0.05) is 37.5 Å². The zero-order valence-electron chi connectivity index (χ0n) is 13.2. The summed E-state index contributed by atoms with van der Waals surface area (Å²) in [5.41, 5.74) is 0. The van der Waals surface area contributed by atoms with Crippen molar-refractivity contribution in [2.24, 2.45) is 11.8 Å². The molecule has 2 fully saturated rings. The Hall–Kier alpha value is -1.36. The summed E-state index contributed by atoms with van der Waals surface area (Å²) in [4.78, 5) is 11.7. The van der Waals surface area contributed by atoms with E-state index < -0.39 is 0 Å². The monoisotopic (exact) mass is 290 g/mol. The molecular weight excluding hydrogens is 264 g/mol. The number of aliphatic hydroxyl groups excluding tert-OH is 1. The number of anilines is 2. The Labute approximate surface area is 126 Å². The highest BCUT2D eigenvalue weighted by Gasteiger charge is 2.42. The van der Waals surface area contributed by atoms with Gasteiger partial charge in [0.15, 0.2) is 0 Å². The molecule has 3 unspecified atom stereocenters. The largest absolute Gasteiger partial charge is 0.393 e. The van der Waals surface area contributed by atoms with E-state index in [0.717, 1.165) is 49.9 Å². The Morgan fingerprint density at radius 3 is 2.81 bits per heavy atom. The fourth-order valence-electron chi connectivity index (χ4n) is 3.57. The summed E-state index contributed by atoms with van der Waals surface area (Å²) in [5.74, 6) is 4.16. The lowest BCUT2D eigenvalue weighted by atomic mass is 10.00. The summed E-state index contributed by atoms with van der Waals surface area (Å²) in [6, 6.07) is 2.04. The van der Waals surface area contributed by atoms with Crippen LogP contribution >= 0.6 is 0 Å². The number of aromatic nitrogens is 2. The Morgan fingerprint density at radius 1 is 1.33 bits per heavy atom. The third-order valence-electron chi connectivity index (χ3n) is 4.75. The highest BCUT2D eigenvalue weighted by atomic mass is 16.3. The van der Waals surface area contributed by atoms with Gasteiger partial charge in [-0.15, -0.1) is 0 Å². The van der Waals surface area contributed by atoms with Gasteiger partial charge >= 0.3 is 0 Å². The molecule has 3 rings (SSSR count). The lowest BCUT2D eigenvalue weighted by molar-refractivity contribution is 0.133. The predicted octanol–water partition coefficient (Wildman–Crippen LogP) is 2.24. The molecule has 1 saturated carbocycles. The average Bonchev–Trinajstić information content (AvgIpc) is 3.01. The minimum atomic E-state index is -0.125. The first-order chi connectivity index (χ1) is 10.1. The summed E-state index contributed by atoms with van der Waals surface area (Å²) in [6.45, 7) is 9.12. The molecule has 1 aliphatic carbocycles. The number of hydrogen-bond acceptors (Lipinski definition) is 5. The van der Waals surface area contributed by atoms with Crippen LogP contribution in [0.1, 0.15) is 45.4 Å². The number of aliphatic hydroxyl groups is 1. The van der Waals surface area contributed by atoms with Gasteiger partial charge in [-0.2, -0.15) is 0 Å². The highest BCUT2D eigenvalue weighted by molar-refractivity contribution is 5.50. The smallest absolute Gasteiger partial charge is 0.135 e. The fourth-order valence-corrected chi connectivity index (χ4v) is 3.57. The molecule has 1 saturated heterocycles. The maximum Gasteiger partial charge on any atom is 0.135 e. The Balaban J connectivity index is 1.84. The summed E-state index contributed by atoms with van der Waals surface area (Å²) >= 11 is 0. The van der Waals surface area contributed by atoms with E-state index >= 15 is 0 Å². The van der Waals surface area contributed by atoms with Crippen LogP contribution in [0.15, 0.2) is 6.07 Å². The molecule has 1 aromatic rings. The van der Waals surface area contributed by atoms with E-state index in [1.54, 1.807) is 0 Å². The lowest BCUT2D eigenvalue weighted by Crippen LogP contribution is -2.26. The van der Waals surface area contributed by atoms with Crippen molar-refractivity contribution in [3.63, 3.8) is 0 Å². The number of hydrogen-bond donors (Lipinski definition) is 2. The summed E-state index contributed by atoms with van der Waals surface area (Å²) in [7, 11) is 0. The van der Waals surface area contributed by atoms with Gasteiger partial charge in [-0.25, -0.2) is 9.97 Å². The molecule has 3 atom stereocenters. The molecule has 0 bridgehead atoms. The topological polar surface area (TPSA) is 61.3 Å². The average molecular weight is 290 g/mol. The van der Waals surface area contributed by atoms with Crippen molar-refractivity contribution in [3.8, 4) is 0 Å². The van der Waals surface area contributed by atoms with Gasteiger partial charge in [0.1, 0.15) is 17.5 Å². The van der Waals surface area contributed by atoms with Crippen molar-refractivity contribution in [2.45, 2.75) is 45.6 Å². The van der Waals surface area contributed by atoms with Gasteiger partial charge < -0.3 is 15.3 Å². The second kappa shape index (κ2) is 5.79. The molecule has 2 heterocycles. The number of fused-ring (bicyclic) bond motifs is 1. The Kier molecular flexibility index (Phi) is 4.02. The summed E-state index contributed by atoms with van der Waals surface area (Å²) in [5, 5.41) is 13.4. The maximum atomic E-state index is 10.1. The molecule has 0 aromatic carbocycles. The zero-order chi connectivity index (χ0) is 15.0. The second-order valence-electron chi connectivity index (χ2n) is 6.63. The molecule has 5 nitrogen and oxygen atoms in total. The summed E-state index contributed by atoms with van der Waals surface area (Å²) < 4.78 is 0. The number of rotatable bonds is 4. The maximum absolute atomic E-state index is 10.1. The van der Waals surface area contributed by atoms with Crippen LogP contribution in [-0.2, 0) is 0 Å². The Morgan fingerprint density at radius 2 is 2.14 bits per heavy atom. The number of nitrogens with zero attached hydrogens (tertiary/aromatic N) is 3. The van der Waals surface area contributed by atoms with E-state index in [4.69, 9.17) is 4.98 Å². The number of nitrogens with one attached hydrogen (secondary N) is 1. The third-order valence-corrected chi connectivity index (χ3v) is 4.75. The van der Waals surface area contributed by atoms with Crippen LogP contribution in [0.25, 0.3) is 0 Å². The second-order valence-corrected chi connectivity index (χ2v) is 6.63. The Bertz CT molecular complexity index is 505. The lowest BCUT2D eigenvalue weighted by Gasteiger charge is -2.21. The van der Waals surface area contributed by atoms with Crippen LogP contribution in [0.2, 0.25) is 0 Å². The van der Waals surface area contributed by atoms with Crippen molar-refractivity contribution in [1.29, 1.82) is 0 Å². The van der Waals surface area contributed by atoms with E-state index in [0.29, 0.717) is 17.8 Å². The van der Waals surface area contributed by atoms with Crippen molar-refractivity contribution >= 4 is 11.6 Å². The van der Waals surface area contributed by atoms with Crippen LogP contribution in [0.5, 0.6) is 0 Å². The fraction of sp³-hybridized carbons (Fsp3) is 0.750. The quantitative estimate of drug-likeness (QED) is 0.890. The van der Waals surface area contributed by atoms with Crippen molar-refractivity contribution in [1.82, 2.24) is 9.97 Å². The molecular formula is C16H26N4O. The van der Waals surface area contributed by atoms with E-state index in [1.807, 2.05) is 6.07 Å².